The monoisotopic (exact) mass is 348 g/mol. The molecule has 1 aromatic carbocycles. The molecule has 0 saturated heterocycles. The van der Waals surface area contributed by atoms with Gasteiger partial charge >= 0.3 is 0 Å². The molecule has 16 heavy (non-hydrogen) atoms. The molecule has 8 heteroatoms. The summed E-state index contributed by atoms with van der Waals surface area (Å²) in [6, 6.07) is 0. The van der Waals surface area contributed by atoms with Gasteiger partial charge in [0.2, 0.25) is 5.91 Å². The molecule has 0 aromatic heterocycles. The first-order valence-electron chi connectivity index (χ1n) is 3.90. The summed E-state index contributed by atoms with van der Waals surface area (Å²) in [7, 11) is 0. The SMILES string of the molecule is CC(=O)Nc1c(F)c(F)c(F)c(F)c1NI. The van der Waals surface area contributed by atoms with Crippen LogP contribution in [0.4, 0.5) is 28.9 Å². The van der Waals surface area contributed by atoms with Crippen molar-refractivity contribution in [3.63, 3.8) is 0 Å². The lowest BCUT2D eigenvalue weighted by Gasteiger charge is -2.12. The van der Waals surface area contributed by atoms with Gasteiger partial charge in [-0.2, -0.15) is 0 Å². The van der Waals surface area contributed by atoms with Crippen molar-refractivity contribution < 1.29 is 22.4 Å². The molecule has 0 bridgehead atoms. The predicted molar refractivity (Wildman–Crippen MR) is 58.2 cm³/mol. The summed E-state index contributed by atoms with van der Waals surface area (Å²) < 4.78 is 54.1. The number of rotatable bonds is 2. The average Bonchev–Trinajstić information content (AvgIpc) is 2.23. The summed E-state index contributed by atoms with van der Waals surface area (Å²) in [4.78, 5) is 10.7. The average molecular weight is 348 g/mol. The second-order valence-corrected chi connectivity index (χ2v) is 3.32. The number of amides is 1. The number of benzene rings is 1. The fourth-order valence-corrected chi connectivity index (χ4v) is 1.52. The van der Waals surface area contributed by atoms with Crippen LogP contribution < -0.4 is 8.85 Å². The number of nitrogens with one attached hydrogen (secondary N) is 2. The van der Waals surface area contributed by atoms with Gasteiger partial charge in [0.1, 0.15) is 11.4 Å². The van der Waals surface area contributed by atoms with Gasteiger partial charge in [0, 0.05) is 6.92 Å². The summed E-state index contributed by atoms with van der Waals surface area (Å²) in [5.74, 6) is -7.91. The zero-order valence-electron chi connectivity index (χ0n) is 7.80. The zero-order valence-corrected chi connectivity index (χ0v) is 9.96. The fourth-order valence-electron chi connectivity index (χ4n) is 1.01. The number of carbonyl (C=O) groups is 1. The Morgan fingerprint density at radius 3 is 1.81 bits per heavy atom. The highest BCUT2D eigenvalue weighted by Crippen LogP contribution is 2.33. The van der Waals surface area contributed by atoms with E-state index in [4.69, 9.17) is 0 Å². The third-order valence-electron chi connectivity index (χ3n) is 1.66. The molecule has 3 nitrogen and oxygen atoms in total. The van der Waals surface area contributed by atoms with Crippen molar-refractivity contribution in [2.45, 2.75) is 6.92 Å². The highest BCUT2D eigenvalue weighted by molar-refractivity contribution is 14.1. The summed E-state index contributed by atoms with van der Waals surface area (Å²) >= 11 is 1.40. The van der Waals surface area contributed by atoms with Crippen LogP contribution in [0.5, 0.6) is 0 Å². The first kappa shape index (κ1) is 13.0. The molecule has 0 heterocycles. The molecule has 0 unspecified atom stereocenters. The zero-order chi connectivity index (χ0) is 12.5. The van der Waals surface area contributed by atoms with Crippen LogP contribution in [-0.4, -0.2) is 5.91 Å². The minimum absolute atomic E-state index is 0.660. The van der Waals surface area contributed by atoms with Gasteiger partial charge in [-0.1, -0.05) is 0 Å². The molecule has 1 rings (SSSR count). The van der Waals surface area contributed by atoms with Gasteiger partial charge in [0.25, 0.3) is 0 Å². The Kier molecular flexibility index (Phi) is 3.94. The molecule has 0 spiro atoms. The van der Waals surface area contributed by atoms with Crippen LogP contribution in [0.15, 0.2) is 0 Å². The first-order chi connectivity index (χ1) is 7.40. The molecule has 0 saturated carbocycles. The summed E-state index contributed by atoms with van der Waals surface area (Å²) in [5, 5.41) is 1.87. The normalized spacial score (nSPS) is 10.1. The smallest absolute Gasteiger partial charge is 0.221 e. The van der Waals surface area contributed by atoms with E-state index >= 15 is 0 Å². The van der Waals surface area contributed by atoms with E-state index in [1.54, 1.807) is 0 Å². The van der Waals surface area contributed by atoms with Crippen molar-refractivity contribution in [1.82, 2.24) is 0 Å². The van der Waals surface area contributed by atoms with Crippen molar-refractivity contribution in [2.24, 2.45) is 0 Å². The van der Waals surface area contributed by atoms with Crippen molar-refractivity contribution in [3.05, 3.63) is 23.3 Å². The Bertz CT molecular complexity index is 452. The second-order valence-electron chi connectivity index (χ2n) is 2.78. The topological polar surface area (TPSA) is 41.1 Å². The Morgan fingerprint density at radius 1 is 1.00 bits per heavy atom. The Balaban J connectivity index is 3.50. The summed E-state index contributed by atoms with van der Waals surface area (Å²) in [6.45, 7) is 1.02. The van der Waals surface area contributed by atoms with Gasteiger partial charge in [-0.05, 0) is 0 Å². The van der Waals surface area contributed by atoms with Gasteiger partial charge in [0.15, 0.2) is 23.3 Å². The molecule has 0 aliphatic rings. The highest BCUT2D eigenvalue weighted by atomic mass is 127. The van der Waals surface area contributed by atoms with Gasteiger partial charge < -0.3 is 8.85 Å². The largest absolute Gasteiger partial charge is 0.324 e. The van der Waals surface area contributed by atoms with Gasteiger partial charge in [-0.3, -0.25) is 4.79 Å². The molecule has 2 N–H and O–H groups in total. The number of hydrogen-bond donors (Lipinski definition) is 2. The standard InChI is InChI=1S/C8H5F4IN2O/c1-2(16)14-7-5(11)3(9)4(10)6(12)8(7)15-13/h15H,1H3,(H,14,16). The van der Waals surface area contributed by atoms with Crippen molar-refractivity contribution in [3.8, 4) is 0 Å². The predicted octanol–water partition coefficient (Wildman–Crippen LogP) is 2.96. The van der Waals surface area contributed by atoms with E-state index in [-0.39, 0.29) is 0 Å². The first-order valence-corrected chi connectivity index (χ1v) is 4.98. The van der Waals surface area contributed by atoms with Crippen LogP contribution >= 0.6 is 22.9 Å². The van der Waals surface area contributed by atoms with Crippen molar-refractivity contribution in [1.29, 1.82) is 0 Å². The quantitative estimate of drug-likeness (QED) is 0.284. The van der Waals surface area contributed by atoms with E-state index in [2.05, 4.69) is 3.53 Å². The fraction of sp³-hybridized carbons (Fsp3) is 0.125. The third kappa shape index (κ3) is 2.20. The molecular formula is C8H5F4IN2O. The number of carbonyl (C=O) groups excluding carboxylic acids is 1. The van der Waals surface area contributed by atoms with Crippen LogP contribution in [0.25, 0.3) is 0 Å². The summed E-state index contributed by atoms with van der Waals surface area (Å²) in [6.07, 6.45) is 0. The van der Waals surface area contributed by atoms with Gasteiger partial charge in [-0.25, -0.2) is 17.6 Å². The summed E-state index contributed by atoms with van der Waals surface area (Å²) in [5.41, 5.74) is -1.43. The third-order valence-corrected chi connectivity index (χ3v) is 2.20. The van der Waals surface area contributed by atoms with E-state index < -0.39 is 40.6 Å². The van der Waals surface area contributed by atoms with E-state index in [9.17, 15) is 22.4 Å². The van der Waals surface area contributed by atoms with Crippen molar-refractivity contribution >= 4 is 40.1 Å². The number of halogens is 5. The van der Waals surface area contributed by atoms with E-state index in [1.165, 1.54) is 22.9 Å². The molecule has 1 amide bonds. The van der Waals surface area contributed by atoms with Crippen LogP contribution in [0.3, 0.4) is 0 Å². The Labute approximate surface area is 102 Å². The van der Waals surface area contributed by atoms with Crippen LogP contribution in [0.1, 0.15) is 6.92 Å². The molecular weight excluding hydrogens is 343 g/mol. The van der Waals surface area contributed by atoms with Crippen molar-refractivity contribution in [2.75, 3.05) is 8.85 Å². The second kappa shape index (κ2) is 4.85. The molecule has 0 aliphatic carbocycles. The lowest BCUT2D eigenvalue weighted by molar-refractivity contribution is -0.114. The maximum absolute atomic E-state index is 13.2. The molecule has 0 aliphatic heterocycles. The highest BCUT2D eigenvalue weighted by Gasteiger charge is 2.25. The lowest BCUT2D eigenvalue weighted by Crippen LogP contribution is -2.12. The number of anilines is 2. The number of hydrogen-bond acceptors (Lipinski definition) is 2. The molecule has 1 aromatic rings. The van der Waals surface area contributed by atoms with E-state index in [1.807, 2.05) is 5.32 Å². The van der Waals surface area contributed by atoms with E-state index in [0.717, 1.165) is 6.92 Å². The Morgan fingerprint density at radius 2 is 1.44 bits per heavy atom. The van der Waals surface area contributed by atoms with E-state index in [0.29, 0.717) is 0 Å². The maximum atomic E-state index is 13.2. The molecule has 0 radical (unpaired) electrons. The van der Waals surface area contributed by atoms with Crippen LogP contribution in [0, 0.1) is 23.3 Å². The molecule has 88 valence electrons. The van der Waals surface area contributed by atoms with Crippen LogP contribution in [-0.2, 0) is 4.79 Å². The minimum atomic E-state index is -1.98. The Hall–Kier alpha value is -1.06. The lowest BCUT2D eigenvalue weighted by atomic mass is 10.2. The minimum Gasteiger partial charge on any atom is -0.324 e. The molecule has 0 fully saturated rings. The molecule has 0 atom stereocenters. The van der Waals surface area contributed by atoms with Gasteiger partial charge in [0.05, 0.1) is 22.9 Å². The van der Waals surface area contributed by atoms with Gasteiger partial charge in [-0.15, -0.1) is 0 Å². The van der Waals surface area contributed by atoms with Crippen LogP contribution in [0.2, 0.25) is 0 Å². The maximum Gasteiger partial charge on any atom is 0.221 e.